The number of hydrogen-bond donors (Lipinski definition) is 0. The SMILES string of the molecule is Cc1cnc(-c2ccc3c4c2Oc2ccccc2B4c2ccccc2O3)cc1C. The molecule has 0 unspecified atom stereocenters. The normalized spacial score (nSPS) is 13.0. The molecule has 0 atom stereocenters. The van der Waals surface area contributed by atoms with Crippen LogP contribution in [-0.2, 0) is 0 Å². The quantitative estimate of drug-likeness (QED) is 0.406. The predicted octanol–water partition coefficient (Wildman–Crippen LogP) is 4.09. The first-order chi connectivity index (χ1) is 14.2. The first kappa shape index (κ1) is 16.4. The average Bonchev–Trinajstić information content (AvgIpc) is 2.75. The van der Waals surface area contributed by atoms with Gasteiger partial charge in [0.15, 0.2) is 0 Å². The van der Waals surface area contributed by atoms with Crippen LogP contribution in [0.5, 0.6) is 23.0 Å². The Morgan fingerprint density at radius 2 is 1.41 bits per heavy atom. The third-order valence-electron chi connectivity index (χ3n) is 5.99. The summed E-state index contributed by atoms with van der Waals surface area (Å²) in [7, 11) is 0. The zero-order valence-electron chi connectivity index (χ0n) is 16.3. The predicted molar refractivity (Wildman–Crippen MR) is 117 cm³/mol. The number of nitrogens with zero attached hydrogens (tertiary/aromatic N) is 1. The zero-order chi connectivity index (χ0) is 19.5. The van der Waals surface area contributed by atoms with E-state index in [2.05, 4.69) is 50.2 Å². The number of aryl methyl sites for hydroxylation is 2. The van der Waals surface area contributed by atoms with E-state index in [-0.39, 0.29) is 6.71 Å². The summed E-state index contributed by atoms with van der Waals surface area (Å²) in [6.07, 6.45) is 1.93. The van der Waals surface area contributed by atoms with Crippen LogP contribution in [0.25, 0.3) is 11.3 Å². The van der Waals surface area contributed by atoms with Crippen LogP contribution < -0.4 is 25.9 Å². The van der Waals surface area contributed by atoms with E-state index in [1.54, 1.807) is 0 Å². The average molecular weight is 375 g/mol. The molecule has 3 nitrogen and oxygen atoms in total. The molecule has 0 saturated heterocycles. The number of pyridine rings is 1. The van der Waals surface area contributed by atoms with Crippen LogP contribution in [0.2, 0.25) is 0 Å². The minimum atomic E-state index is 0.0846. The Balaban J connectivity index is 1.65. The van der Waals surface area contributed by atoms with Gasteiger partial charge >= 0.3 is 0 Å². The molecule has 29 heavy (non-hydrogen) atoms. The number of fused-ring (bicyclic) bond motifs is 4. The van der Waals surface area contributed by atoms with Crippen molar-refractivity contribution in [2.75, 3.05) is 0 Å². The second kappa shape index (κ2) is 5.98. The van der Waals surface area contributed by atoms with E-state index >= 15 is 0 Å². The van der Waals surface area contributed by atoms with Crippen molar-refractivity contribution in [3.63, 3.8) is 0 Å². The summed E-state index contributed by atoms with van der Waals surface area (Å²) < 4.78 is 12.7. The van der Waals surface area contributed by atoms with Gasteiger partial charge in [0, 0.05) is 17.2 Å². The first-order valence-electron chi connectivity index (χ1n) is 9.85. The van der Waals surface area contributed by atoms with Gasteiger partial charge in [-0.2, -0.15) is 0 Å². The molecule has 0 bridgehead atoms. The molecule has 4 heteroatoms. The molecule has 0 radical (unpaired) electrons. The van der Waals surface area contributed by atoms with E-state index in [9.17, 15) is 0 Å². The van der Waals surface area contributed by atoms with Crippen molar-refractivity contribution < 1.29 is 9.47 Å². The van der Waals surface area contributed by atoms with E-state index in [4.69, 9.17) is 14.5 Å². The van der Waals surface area contributed by atoms with Crippen LogP contribution >= 0.6 is 0 Å². The number of para-hydroxylation sites is 2. The van der Waals surface area contributed by atoms with Crippen molar-refractivity contribution in [1.82, 2.24) is 4.98 Å². The summed E-state index contributed by atoms with van der Waals surface area (Å²) >= 11 is 0. The van der Waals surface area contributed by atoms with Gasteiger partial charge in [-0.25, -0.2) is 0 Å². The van der Waals surface area contributed by atoms with Crippen LogP contribution in [0.1, 0.15) is 11.1 Å². The zero-order valence-corrected chi connectivity index (χ0v) is 16.3. The van der Waals surface area contributed by atoms with E-state index in [1.807, 2.05) is 36.5 Å². The number of benzene rings is 3. The van der Waals surface area contributed by atoms with E-state index in [1.165, 1.54) is 22.1 Å². The Hall–Kier alpha value is -3.53. The second-order valence-corrected chi connectivity index (χ2v) is 7.72. The molecule has 0 amide bonds. The summed E-state index contributed by atoms with van der Waals surface area (Å²) in [5.74, 6) is 3.50. The molecular formula is C25H18BNO2. The third-order valence-corrected chi connectivity index (χ3v) is 5.99. The molecule has 0 saturated carbocycles. The Labute approximate surface area is 170 Å². The molecule has 0 N–H and O–H groups in total. The van der Waals surface area contributed by atoms with E-state index in [0.29, 0.717) is 0 Å². The lowest BCUT2D eigenvalue weighted by atomic mass is 9.34. The minimum Gasteiger partial charge on any atom is -0.458 e. The highest BCUT2D eigenvalue weighted by atomic mass is 16.5. The topological polar surface area (TPSA) is 31.4 Å². The minimum absolute atomic E-state index is 0.0846. The van der Waals surface area contributed by atoms with Gasteiger partial charge in [0.2, 0.25) is 0 Å². The fraction of sp³-hybridized carbons (Fsp3) is 0.0800. The van der Waals surface area contributed by atoms with Crippen molar-refractivity contribution in [3.05, 3.63) is 84.1 Å². The summed E-state index contributed by atoms with van der Waals surface area (Å²) in [5, 5.41) is 0. The van der Waals surface area contributed by atoms with Gasteiger partial charge < -0.3 is 9.47 Å². The van der Waals surface area contributed by atoms with Crippen LogP contribution in [0.3, 0.4) is 0 Å². The van der Waals surface area contributed by atoms with E-state index in [0.717, 1.165) is 39.7 Å². The molecule has 2 aliphatic rings. The van der Waals surface area contributed by atoms with Gasteiger partial charge in [0.1, 0.15) is 23.0 Å². The standard InChI is InChI=1S/C25H18BNO2/c1-15-13-20(27-14-16(15)2)17-11-12-23-24-25(17)29-22-10-6-4-8-19(22)26(24)18-7-3-5-9-21(18)28-23/h3-14H,1-2H3. The lowest BCUT2D eigenvalue weighted by Gasteiger charge is -2.33. The Bertz CT molecular complexity index is 1290. The van der Waals surface area contributed by atoms with E-state index < -0.39 is 0 Å². The second-order valence-electron chi connectivity index (χ2n) is 7.72. The van der Waals surface area contributed by atoms with Crippen molar-refractivity contribution >= 4 is 23.1 Å². The van der Waals surface area contributed by atoms with Gasteiger partial charge in [0.25, 0.3) is 6.71 Å². The maximum Gasteiger partial charge on any atom is 0.260 e. The summed E-state index contributed by atoms with van der Waals surface area (Å²) in [6, 6.07) is 22.8. The van der Waals surface area contributed by atoms with Crippen LogP contribution in [-0.4, -0.2) is 11.7 Å². The Morgan fingerprint density at radius 3 is 2.14 bits per heavy atom. The summed E-state index contributed by atoms with van der Waals surface area (Å²) in [4.78, 5) is 4.70. The number of aromatic nitrogens is 1. The highest BCUT2D eigenvalue weighted by Crippen LogP contribution is 2.40. The fourth-order valence-corrected chi connectivity index (χ4v) is 4.36. The third kappa shape index (κ3) is 2.35. The van der Waals surface area contributed by atoms with Crippen LogP contribution in [0.4, 0.5) is 0 Å². The van der Waals surface area contributed by atoms with Gasteiger partial charge in [-0.05, 0) is 66.2 Å². The molecule has 2 aliphatic heterocycles. The molecule has 4 aromatic rings. The highest BCUT2D eigenvalue weighted by Gasteiger charge is 2.40. The first-order valence-corrected chi connectivity index (χ1v) is 9.85. The van der Waals surface area contributed by atoms with Crippen LogP contribution in [0, 0.1) is 13.8 Å². The van der Waals surface area contributed by atoms with Gasteiger partial charge in [0.05, 0.1) is 5.69 Å². The molecule has 3 aromatic carbocycles. The molecule has 0 spiro atoms. The van der Waals surface area contributed by atoms with Crippen molar-refractivity contribution in [2.45, 2.75) is 13.8 Å². The molecule has 0 aliphatic carbocycles. The monoisotopic (exact) mass is 375 g/mol. The Morgan fingerprint density at radius 1 is 0.724 bits per heavy atom. The van der Waals surface area contributed by atoms with Gasteiger partial charge in [-0.15, -0.1) is 0 Å². The Kier molecular flexibility index (Phi) is 3.39. The molecule has 1 aromatic heterocycles. The molecule has 6 rings (SSSR count). The van der Waals surface area contributed by atoms with Crippen molar-refractivity contribution in [2.24, 2.45) is 0 Å². The molecule has 138 valence electrons. The highest BCUT2D eigenvalue weighted by molar-refractivity contribution is 6.98. The molecule has 0 fully saturated rings. The fourth-order valence-electron chi connectivity index (χ4n) is 4.36. The van der Waals surface area contributed by atoms with Crippen molar-refractivity contribution in [1.29, 1.82) is 0 Å². The van der Waals surface area contributed by atoms with Crippen LogP contribution in [0.15, 0.2) is 72.9 Å². The van der Waals surface area contributed by atoms with Gasteiger partial charge in [-0.1, -0.05) is 36.4 Å². The smallest absolute Gasteiger partial charge is 0.260 e. The summed E-state index contributed by atoms with van der Waals surface area (Å²) in [5.41, 5.74) is 7.73. The largest absolute Gasteiger partial charge is 0.458 e. The van der Waals surface area contributed by atoms with Crippen molar-refractivity contribution in [3.8, 4) is 34.3 Å². The lowest BCUT2D eigenvalue weighted by Crippen LogP contribution is -2.57. The maximum atomic E-state index is 6.47. The lowest BCUT2D eigenvalue weighted by molar-refractivity contribution is 0.465. The number of hydrogen-bond acceptors (Lipinski definition) is 3. The number of rotatable bonds is 1. The summed E-state index contributed by atoms with van der Waals surface area (Å²) in [6.45, 7) is 4.28. The molecular weight excluding hydrogens is 357 g/mol. The maximum absolute atomic E-state index is 6.47. The molecule has 3 heterocycles. The van der Waals surface area contributed by atoms with Gasteiger partial charge in [-0.3, -0.25) is 4.98 Å². The number of ether oxygens (including phenoxy) is 2.